The second kappa shape index (κ2) is 8.15. The lowest BCUT2D eigenvalue weighted by molar-refractivity contribution is 0.0538. The Balaban J connectivity index is 1.65. The number of H-pyrrole nitrogens is 1. The molecule has 1 saturated heterocycles. The maximum Gasteiger partial charge on any atom is 0.287 e. The number of rotatable bonds is 6. The first kappa shape index (κ1) is 18.8. The number of halogens is 1. The quantitative estimate of drug-likeness (QED) is 0.776. The number of hydrogen-bond donors (Lipinski definition) is 2. The SMILES string of the molecule is C=Cc1nnc(N2CC[C@@H](NC(=O)c3nc(Cl)c(CC)[nH]3)[C@@H](OC)C2)s1. The molecular weight excluding hydrogens is 376 g/mol. The van der Waals surface area contributed by atoms with Gasteiger partial charge in [0.25, 0.3) is 5.91 Å². The molecule has 0 radical (unpaired) electrons. The summed E-state index contributed by atoms with van der Waals surface area (Å²) in [4.78, 5) is 21.7. The number of amides is 1. The molecule has 1 amide bonds. The summed E-state index contributed by atoms with van der Waals surface area (Å²) in [6, 6.07) is -0.121. The first-order chi connectivity index (χ1) is 12.5. The molecule has 0 bridgehead atoms. The molecular formula is C16H21ClN6O2S. The molecule has 8 nitrogen and oxygen atoms in total. The second-order valence-electron chi connectivity index (χ2n) is 5.92. The molecule has 3 heterocycles. The van der Waals surface area contributed by atoms with Crippen LogP contribution in [0.4, 0.5) is 5.13 Å². The monoisotopic (exact) mass is 396 g/mol. The number of methoxy groups -OCH3 is 1. The van der Waals surface area contributed by atoms with Gasteiger partial charge < -0.3 is 19.9 Å². The van der Waals surface area contributed by atoms with Crippen LogP contribution in [0.25, 0.3) is 6.08 Å². The van der Waals surface area contributed by atoms with Crippen LogP contribution in [0.5, 0.6) is 0 Å². The lowest BCUT2D eigenvalue weighted by Crippen LogP contribution is -2.55. The Morgan fingerprint density at radius 3 is 3.00 bits per heavy atom. The van der Waals surface area contributed by atoms with Crippen molar-refractivity contribution in [2.24, 2.45) is 0 Å². The summed E-state index contributed by atoms with van der Waals surface area (Å²) in [5, 5.41) is 13.2. The number of imidazole rings is 1. The van der Waals surface area contributed by atoms with Gasteiger partial charge in [-0.05, 0) is 18.9 Å². The predicted molar refractivity (Wildman–Crippen MR) is 102 cm³/mol. The molecule has 1 fully saturated rings. The van der Waals surface area contributed by atoms with E-state index in [2.05, 4.69) is 37.0 Å². The molecule has 2 N–H and O–H groups in total. The van der Waals surface area contributed by atoms with E-state index in [4.69, 9.17) is 16.3 Å². The molecule has 2 aromatic rings. The van der Waals surface area contributed by atoms with E-state index in [0.29, 0.717) is 18.1 Å². The Morgan fingerprint density at radius 1 is 1.58 bits per heavy atom. The highest BCUT2D eigenvalue weighted by Gasteiger charge is 2.32. The van der Waals surface area contributed by atoms with E-state index in [0.717, 1.165) is 28.8 Å². The Hall–Kier alpha value is -1.97. The number of hydrogen-bond acceptors (Lipinski definition) is 7. The first-order valence-corrected chi connectivity index (χ1v) is 9.54. The lowest BCUT2D eigenvalue weighted by Gasteiger charge is -2.37. The van der Waals surface area contributed by atoms with E-state index in [1.54, 1.807) is 13.2 Å². The highest BCUT2D eigenvalue weighted by atomic mass is 35.5. The van der Waals surface area contributed by atoms with Crippen molar-refractivity contribution in [3.8, 4) is 0 Å². The van der Waals surface area contributed by atoms with Crippen molar-refractivity contribution in [1.82, 2.24) is 25.5 Å². The Kier molecular flexibility index (Phi) is 5.90. The average Bonchev–Trinajstić information content (AvgIpc) is 3.28. The summed E-state index contributed by atoms with van der Waals surface area (Å²) in [7, 11) is 1.64. The molecule has 2 atom stereocenters. The second-order valence-corrected chi connectivity index (χ2v) is 7.27. The van der Waals surface area contributed by atoms with E-state index >= 15 is 0 Å². The summed E-state index contributed by atoms with van der Waals surface area (Å²) in [6.45, 7) is 7.02. The van der Waals surface area contributed by atoms with Crippen molar-refractivity contribution in [3.63, 3.8) is 0 Å². The normalized spacial score (nSPS) is 20.2. The fourth-order valence-electron chi connectivity index (χ4n) is 2.90. The van der Waals surface area contributed by atoms with Crippen molar-refractivity contribution < 1.29 is 9.53 Å². The van der Waals surface area contributed by atoms with Crippen LogP contribution in [0, 0.1) is 0 Å². The van der Waals surface area contributed by atoms with Gasteiger partial charge in [-0.3, -0.25) is 4.79 Å². The maximum absolute atomic E-state index is 12.5. The number of nitrogens with zero attached hydrogens (tertiary/aromatic N) is 4. The molecule has 10 heteroatoms. The maximum atomic E-state index is 12.5. The number of aromatic amines is 1. The molecule has 0 saturated carbocycles. The summed E-state index contributed by atoms with van der Waals surface area (Å²) in [5.74, 6) is -0.0548. The van der Waals surface area contributed by atoms with Crippen LogP contribution in [-0.2, 0) is 11.2 Å². The van der Waals surface area contributed by atoms with Crippen molar-refractivity contribution >= 4 is 40.1 Å². The topological polar surface area (TPSA) is 96.0 Å². The number of aryl methyl sites for hydroxylation is 1. The van der Waals surface area contributed by atoms with Crippen LogP contribution in [0.1, 0.15) is 34.7 Å². The largest absolute Gasteiger partial charge is 0.377 e. The van der Waals surface area contributed by atoms with E-state index in [1.165, 1.54) is 11.3 Å². The van der Waals surface area contributed by atoms with Crippen molar-refractivity contribution in [2.75, 3.05) is 25.1 Å². The van der Waals surface area contributed by atoms with Crippen molar-refractivity contribution in [2.45, 2.75) is 31.9 Å². The van der Waals surface area contributed by atoms with Gasteiger partial charge in [0.05, 0.1) is 17.8 Å². The minimum absolute atomic E-state index is 0.121. The zero-order chi connectivity index (χ0) is 18.7. The minimum atomic E-state index is -0.281. The molecule has 0 unspecified atom stereocenters. The third-order valence-corrected chi connectivity index (χ3v) is 5.64. The number of anilines is 1. The average molecular weight is 397 g/mol. The van der Waals surface area contributed by atoms with Gasteiger partial charge in [0.2, 0.25) is 5.13 Å². The molecule has 3 rings (SSSR count). The minimum Gasteiger partial charge on any atom is -0.377 e. The van der Waals surface area contributed by atoms with Gasteiger partial charge in [-0.1, -0.05) is 36.4 Å². The molecule has 26 heavy (non-hydrogen) atoms. The van der Waals surface area contributed by atoms with Gasteiger partial charge in [0.15, 0.2) is 11.0 Å². The van der Waals surface area contributed by atoms with Crippen molar-refractivity contribution in [3.05, 3.63) is 28.3 Å². The van der Waals surface area contributed by atoms with Crippen LogP contribution in [0.15, 0.2) is 6.58 Å². The van der Waals surface area contributed by atoms with Crippen LogP contribution in [0.3, 0.4) is 0 Å². The van der Waals surface area contributed by atoms with Crippen LogP contribution < -0.4 is 10.2 Å². The van der Waals surface area contributed by atoms with Gasteiger partial charge >= 0.3 is 0 Å². The van der Waals surface area contributed by atoms with Crippen LogP contribution in [0.2, 0.25) is 5.15 Å². The fraction of sp³-hybridized carbons (Fsp3) is 0.500. The molecule has 0 aliphatic carbocycles. The standard InChI is InChI=1S/C16H21ClN6O2S/c1-4-9-13(17)20-14(18-9)15(24)19-10-6-7-23(8-11(10)25-3)16-22-21-12(5-2)26-16/h5,10-11H,2,4,6-8H2,1,3H3,(H,18,20)(H,19,24)/t10-,11+/m1/s1. The van der Waals surface area contributed by atoms with Gasteiger partial charge in [-0.2, -0.15) is 0 Å². The fourth-order valence-corrected chi connectivity index (χ4v) is 3.89. The van der Waals surface area contributed by atoms with Gasteiger partial charge in [-0.15, -0.1) is 10.2 Å². The Morgan fingerprint density at radius 2 is 2.38 bits per heavy atom. The van der Waals surface area contributed by atoms with E-state index in [-0.39, 0.29) is 23.9 Å². The molecule has 0 aromatic carbocycles. The number of carbonyl (C=O) groups excluding carboxylic acids is 1. The lowest BCUT2D eigenvalue weighted by atomic mass is 10.0. The molecule has 0 spiro atoms. The number of carbonyl (C=O) groups is 1. The van der Waals surface area contributed by atoms with Gasteiger partial charge in [0, 0.05) is 20.2 Å². The summed E-state index contributed by atoms with van der Waals surface area (Å²) < 4.78 is 5.60. The Labute approximate surface area is 160 Å². The summed E-state index contributed by atoms with van der Waals surface area (Å²) in [5.41, 5.74) is 0.754. The van der Waals surface area contributed by atoms with Crippen molar-refractivity contribution in [1.29, 1.82) is 0 Å². The third-order valence-electron chi connectivity index (χ3n) is 4.35. The zero-order valence-electron chi connectivity index (χ0n) is 14.7. The van der Waals surface area contributed by atoms with E-state index in [9.17, 15) is 4.79 Å². The van der Waals surface area contributed by atoms with Crippen LogP contribution in [-0.4, -0.2) is 58.4 Å². The van der Waals surface area contributed by atoms with Gasteiger partial charge in [-0.25, -0.2) is 4.98 Å². The smallest absolute Gasteiger partial charge is 0.287 e. The molecule has 2 aromatic heterocycles. The third kappa shape index (κ3) is 3.89. The zero-order valence-corrected chi connectivity index (χ0v) is 16.2. The van der Waals surface area contributed by atoms with Gasteiger partial charge in [0.1, 0.15) is 5.01 Å². The molecule has 140 valence electrons. The predicted octanol–water partition coefficient (Wildman–Crippen LogP) is 2.14. The number of piperidine rings is 1. The molecule has 1 aliphatic heterocycles. The highest BCUT2D eigenvalue weighted by Crippen LogP contribution is 2.25. The number of nitrogens with one attached hydrogen (secondary N) is 2. The first-order valence-electron chi connectivity index (χ1n) is 8.34. The van der Waals surface area contributed by atoms with E-state index < -0.39 is 0 Å². The Bertz CT molecular complexity index is 792. The highest BCUT2D eigenvalue weighted by molar-refractivity contribution is 7.16. The van der Waals surface area contributed by atoms with Crippen LogP contribution >= 0.6 is 22.9 Å². The summed E-state index contributed by atoms with van der Waals surface area (Å²) >= 11 is 7.50. The summed E-state index contributed by atoms with van der Waals surface area (Å²) in [6.07, 6.45) is 2.93. The molecule has 1 aliphatic rings. The number of aromatic nitrogens is 4. The van der Waals surface area contributed by atoms with E-state index in [1.807, 2.05) is 6.92 Å². The number of ether oxygens (including phenoxy) is 1.